The molecule has 1 aromatic carbocycles. The number of carbonyl (C=O) groups excluding carboxylic acids is 1. The second-order valence-corrected chi connectivity index (χ2v) is 5.79. The molecule has 0 saturated heterocycles. The first-order chi connectivity index (χ1) is 11.6. The van der Waals surface area contributed by atoms with Gasteiger partial charge in [0, 0.05) is 37.4 Å². The number of nitrogens with zero attached hydrogens (tertiary/aromatic N) is 3. The minimum Gasteiger partial charge on any atom is -0.348 e. The summed E-state index contributed by atoms with van der Waals surface area (Å²) < 4.78 is 2.09. The lowest BCUT2D eigenvalue weighted by Crippen LogP contribution is -2.23. The van der Waals surface area contributed by atoms with Crippen molar-refractivity contribution in [3.8, 4) is 0 Å². The van der Waals surface area contributed by atoms with Crippen molar-refractivity contribution in [3.63, 3.8) is 0 Å². The first-order valence-electron chi connectivity index (χ1n) is 7.88. The number of imidazole rings is 1. The quantitative estimate of drug-likeness (QED) is 0.786. The van der Waals surface area contributed by atoms with E-state index >= 15 is 0 Å². The first kappa shape index (κ1) is 15.9. The van der Waals surface area contributed by atoms with Crippen molar-refractivity contribution in [2.24, 2.45) is 0 Å². The van der Waals surface area contributed by atoms with E-state index in [1.165, 1.54) is 5.56 Å². The maximum absolute atomic E-state index is 12.2. The van der Waals surface area contributed by atoms with Crippen LogP contribution in [0.5, 0.6) is 0 Å². The van der Waals surface area contributed by atoms with Crippen LogP contribution in [-0.2, 0) is 13.1 Å². The topological polar surface area (TPSA) is 59.8 Å². The molecule has 0 aliphatic carbocycles. The van der Waals surface area contributed by atoms with Crippen molar-refractivity contribution in [1.29, 1.82) is 0 Å². The van der Waals surface area contributed by atoms with Crippen LogP contribution in [-0.4, -0.2) is 20.4 Å². The minimum absolute atomic E-state index is 0.113. The number of carbonyl (C=O) groups is 1. The van der Waals surface area contributed by atoms with Gasteiger partial charge < -0.3 is 9.88 Å². The predicted octanol–water partition coefficient (Wildman–Crippen LogP) is 2.87. The number of hydrogen-bond acceptors (Lipinski definition) is 3. The molecule has 0 bridgehead atoms. The molecule has 122 valence electrons. The van der Waals surface area contributed by atoms with Gasteiger partial charge in [0.1, 0.15) is 5.82 Å². The molecule has 0 saturated carbocycles. The number of rotatable bonds is 5. The lowest BCUT2D eigenvalue weighted by atomic mass is 10.1. The summed E-state index contributed by atoms with van der Waals surface area (Å²) in [5.41, 5.74) is 3.72. The molecule has 0 atom stereocenters. The number of aryl methyl sites for hydroxylation is 2. The van der Waals surface area contributed by atoms with Crippen molar-refractivity contribution in [3.05, 3.63) is 83.2 Å². The highest BCUT2D eigenvalue weighted by atomic mass is 16.1. The number of aromatic nitrogens is 3. The van der Waals surface area contributed by atoms with Gasteiger partial charge in [0.25, 0.3) is 5.91 Å². The Labute approximate surface area is 141 Å². The van der Waals surface area contributed by atoms with E-state index < -0.39 is 0 Å². The second-order valence-electron chi connectivity index (χ2n) is 5.79. The van der Waals surface area contributed by atoms with Crippen LogP contribution in [0.25, 0.3) is 0 Å². The fourth-order valence-electron chi connectivity index (χ4n) is 2.49. The van der Waals surface area contributed by atoms with Crippen LogP contribution in [0.4, 0.5) is 0 Å². The van der Waals surface area contributed by atoms with Gasteiger partial charge in [0.05, 0.1) is 5.56 Å². The van der Waals surface area contributed by atoms with Crippen LogP contribution < -0.4 is 5.32 Å². The normalized spacial score (nSPS) is 10.6. The molecule has 5 nitrogen and oxygen atoms in total. The number of pyridine rings is 1. The standard InChI is InChI=1S/C19H20N4O/c1-14-6-7-18(12-21-14)19(24)22-11-16-4-3-5-17(10-16)13-23-9-8-20-15(23)2/h3-10,12H,11,13H2,1-2H3,(H,22,24). The lowest BCUT2D eigenvalue weighted by Gasteiger charge is -2.09. The van der Waals surface area contributed by atoms with Crippen molar-refractivity contribution >= 4 is 5.91 Å². The number of amides is 1. The summed E-state index contributed by atoms with van der Waals surface area (Å²) >= 11 is 0. The maximum atomic E-state index is 12.2. The lowest BCUT2D eigenvalue weighted by molar-refractivity contribution is 0.0950. The molecule has 3 rings (SSSR count). The molecule has 2 aromatic heterocycles. The van der Waals surface area contributed by atoms with E-state index in [2.05, 4.69) is 32.0 Å². The summed E-state index contributed by atoms with van der Waals surface area (Å²) in [4.78, 5) is 20.5. The SMILES string of the molecule is Cc1ccc(C(=O)NCc2cccc(Cn3ccnc3C)c2)cn1. The highest BCUT2D eigenvalue weighted by Gasteiger charge is 2.06. The van der Waals surface area contributed by atoms with Crippen LogP contribution in [0.15, 0.2) is 55.0 Å². The van der Waals surface area contributed by atoms with E-state index in [0.29, 0.717) is 12.1 Å². The summed E-state index contributed by atoms with van der Waals surface area (Å²) in [6.45, 7) is 5.15. The number of benzene rings is 1. The zero-order valence-corrected chi connectivity index (χ0v) is 13.9. The zero-order valence-electron chi connectivity index (χ0n) is 13.9. The molecule has 0 fully saturated rings. The largest absolute Gasteiger partial charge is 0.348 e. The Morgan fingerprint density at radius 2 is 1.96 bits per heavy atom. The molecule has 0 aliphatic heterocycles. The van der Waals surface area contributed by atoms with Crippen LogP contribution in [0.1, 0.15) is 33.0 Å². The third kappa shape index (κ3) is 3.87. The average molecular weight is 320 g/mol. The summed E-state index contributed by atoms with van der Waals surface area (Å²) in [5.74, 6) is 0.874. The third-order valence-electron chi connectivity index (χ3n) is 3.89. The van der Waals surface area contributed by atoms with E-state index in [9.17, 15) is 4.79 Å². The van der Waals surface area contributed by atoms with Crippen molar-refractivity contribution < 1.29 is 4.79 Å². The molecule has 1 amide bonds. The van der Waals surface area contributed by atoms with Crippen molar-refractivity contribution in [2.75, 3.05) is 0 Å². The molecule has 3 aromatic rings. The maximum Gasteiger partial charge on any atom is 0.253 e. The summed E-state index contributed by atoms with van der Waals surface area (Å²) in [6.07, 6.45) is 5.37. The van der Waals surface area contributed by atoms with Crippen LogP contribution in [0.3, 0.4) is 0 Å². The van der Waals surface area contributed by atoms with Crippen LogP contribution >= 0.6 is 0 Å². The summed E-state index contributed by atoms with van der Waals surface area (Å²) in [6, 6.07) is 11.8. The van der Waals surface area contributed by atoms with Gasteiger partial charge in [-0.15, -0.1) is 0 Å². The zero-order chi connectivity index (χ0) is 16.9. The third-order valence-corrected chi connectivity index (χ3v) is 3.89. The number of nitrogens with one attached hydrogen (secondary N) is 1. The van der Waals surface area contributed by atoms with Gasteiger partial charge in [0.15, 0.2) is 0 Å². The summed E-state index contributed by atoms with van der Waals surface area (Å²) in [5, 5.41) is 2.93. The first-order valence-corrected chi connectivity index (χ1v) is 7.88. The molecule has 2 heterocycles. The molecule has 24 heavy (non-hydrogen) atoms. The fourth-order valence-corrected chi connectivity index (χ4v) is 2.49. The number of hydrogen-bond donors (Lipinski definition) is 1. The van der Waals surface area contributed by atoms with Gasteiger partial charge in [0.2, 0.25) is 0 Å². The highest BCUT2D eigenvalue weighted by molar-refractivity contribution is 5.93. The van der Waals surface area contributed by atoms with Gasteiger partial charge >= 0.3 is 0 Å². The average Bonchev–Trinajstić information content (AvgIpc) is 2.98. The molecule has 0 unspecified atom stereocenters. The van der Waals surface area contributed by atoms with E-state index in [4.69, 9.17) is 0 Å². The van der Waals surface area contributed by atoms with Gasteiger partial charge in [-0.25, -0.2) is 4.98 Å². The molecule has 5 heteroatoms. The van der Waals surface area contributed by atoms with E-state index in [0.717, 1.165) is 23.6 Å². The van der Waals surface area contributed by atoms with E-state index in [1.54, 1.807) is 18.5 Å². The van der Waals surface area contributed by atoms with Gasteiger partial charge in [-0.05, 0) is 37.1 Å². The molecule has 0 aliphatic rings. The van der Waals surface area contributed by atoms with Crippen molar-refractivity contribution in [2.45, 2.75) is 26.9 Å². The van der Waals surface area contributed by atoms with E-state index in [-0.39, 0.29) is 5.91 Å². The van der Waals surface area contributed by atoms with Gasteiger partial charge in [-0.2, -0.15) is 0 Å². The van der Waals surface area contributed by atoms with Crippen LogP contribution in [0, 0.1) is 13.8 Å². The molecular formula is C19H20N4O. The fraction of sp³-hybridized carbons (Fsp3) is 0.211. The van der Waals surface area contributed by atoms with Crippen LogP contribution in [0.2, 0.25) is 0 Å². The Balaban J connectivity index is 1.63. The Hall–Kier alpha value is -2.95. The Bertz CT molecular complexity index is 837. The second kappa shape index (κ2) is 7.08. The Morgan fingerprint density at radius 3 is 2.67 bits per heavy atom. The Kier molecular flexibility index (Phi) is 4.70. The van der Waals surface area contributed by atoms with Gasteiger partial charge in [-0.3, -0.25) is 9.78 Å². The van der Waals surface area contributed by atoms with Gasteiger partial charge in [-0.1, -0.05) is 24.3 Å². The van der Waals surface area contributed by atoms with E-state index in [1.807, 2.05) is 38.2 Å². The molecule has 1 N–H and O–H groups in total. The monoisotopic (exact) mass is 320 g/mol. The molecule has 0 radical (unpaired) electrons. The molecular weight excluding hydrogens is 300 g/mol. The predicted molar refractivity (Wildman–Crippen MR) is 92.7 cm³/mol. The summed E-state index contributed by atoms with van der Waals surface area (Å²) in [7, 11) is 0. The minimum atomic E-state index is -0.113. The smallest absolute Gasteiger partial charge is 0.253 e. The van der Waals surface area contributed by atoms with Crippen molar-refractivity contribution in [1.82, 2.24) is 19.9 Å². The Morgan fingerprint density at radius 1 is 1.12 bits per heavy atom. The molecule has 0 spiro atoms. The highest BCUT2D eigenvalue weighted by Crippen LogP contribution is 2.09.